The third-order valence-electron chi connectivity index (χ3n) is 4.15. The normalized spacial score (nSPS) is 12.6. The molecule has 1 unspecified atom stereocenters. The summed E-state index contributed by atoms with van der Waals surface area (Å²) >= 11 is 0. The van der Waals surface area contributed by atoms with E-state index in [-0.39, 0.29) is 11.3 Å². The fourth-order valence-electron chi connectivity index (χ4n) is 2.62. The molecule has 1 N–H and O–H groups in total. The van der Waals surface area contributed by atoms with Crippen LogP contribution in [0.25, 0.3) is 10.9 Å². The summed E-state index contributed by atoms with van der Waals surface area (Å²) in [6.45, 7) is 8.17. The van der Waals surface area contributed by atoms with Gasteiger partial charge in [-0.2, -0.15) is 0 Å². The predicted octanol–water partition coefficient (Wildman–Crippen LogP) is 4.94. The molecule has 134 valence electrons. The molecule has 0 saturated carbocycles. The summed E-state index contributed by atoms with van der Waals surface area (Å²) in [7, 11) is 0. The number of fused-ring (bicyclic) bond motifs is 1. The van der Waals surface area contributed by atoms with Crippen molar-refractivity contribution in [2.75, 3.05) is 5.32 Å². The summed E-state index contributed by atoms with van der Waals surface area (Å²) < 4.78 is 5.81. The largest absolute Gasteiger partial charge is 0.481 e. The number of aromatic nitrogens is 1. The van der Waals surface area contributed by atoms with Crippen LogP contribution in [0.4, 0.5) is 5.69 Å². The van der Waals surface area contributed by atoms with E-state index in [0.29, 0.717) is 5.75 Å². The fourth-order valence-corrected chi connectivity index (χ4v) is 2.62. The molecule has 0 radical (unpaired) electrons. The quantitative estimate of drug-likeness (QED) is 0.727. The van der Waals surface area contributed by atoms with Crippen LogP contribution < -0.4 is 10.1 Å². The summed E-state index contributed by atoms with van der Waals surface area (Å²) in [4.78, 5) is 17.0. The highest BCUT2D eigenvalue weighted by molar-refractivity contribution is 5.94. The second kappa shape index (κ2) is 7.16. The Labute approximate surface area is 154 Å². The number of nitrogens with zero attached hydrogens (tertiary/aromatic N) is 1. The molecule has 0 aliphatic heterocycles. The number of hydrogen-bond acceptors (Lipinski definition) is 3. The van der Waals surface area contributed by atoms with Gasteiger partial charge in [0.15, 0.2) is 6.10 Å². The van der Waals surface area contributed by atoms with Gasteiger partial charge in [0.1, 0.15) is 5.75 Å². The lowest BCUT2D eigenvalue weighted by atomic mass is 9.91. The molecule has 1 amide bonds. The number of rotatable bonds is 4. The van der Waals surface area contributed by atoms with Crippen LogP contribution in [0, 0.1) is 0 Å². The van der Waals surface area contributed by atoms with Gasteiger partial charge in [-0.3, -0.25) is 9.78 Å². The van der Waals surface area contributed by atoms with Crippen LogP contribution in [0.2, 0.25) is 0 Å². The number of hydrogen-bond donors (Lipinski definition) is 1. The van der Waals surface area contributed by atoms with E-state index in [0.717, 1.165) is 22.3 Å². The maximum Gasteiger partial charge on any atom is 0.265 e. The minimum atomic E-state index is -0.602. The van der Waals surface area contributed by atoms with Crippen LogP contribution >= 0.6 is 0 Å². The molecule has 0 fully saturated rings. The van der Waals surface area contributed by atoms with Gasteiger partial charge >= 0.3 is 0 Å². The molecule has 1 atom stereocenters. The van der Waals surface area contributed by atoms with Gasteiger partial charge in [0.2, 0.25) is 0 Å². The van der Waals surface area contributed by atoms with Crippen molar-refractivity contribution in [3.63, 3.8) is 0 Å². The summed E-state index contributed by atoms with van der Waals surface area (Å²) in [6.07, 6.45) is -0.602. The van der Waals surface area contributed by atoms with Crippen molar-refractivity contribution in [2.45, 2.75) is 39.2 Å². The Hall–Kier alpha value is -2.88. The molecule has 26 heavy (non-hydrogen) atoms. The van der Waals surface area contributed by atoms with E-state index >= 15 is 0 Å². The van der Waals surface area contributed by atoms with E-state index in [9.17, 15) is 4.79 Å². The fraction of sp³-hybridized carbons (Fsp3) is 0.273. The molecule has 3 aromatic rings. The minimum absolute atomic E-state index is 0.00734. The van der Waals surface area contributed by atoms with Gasteiger partial charge in [0.05, 0.1) is 5.52 Å². The van der Waals surface area contributed by atoms with Crippen LogP contribution in [-0.2, 0) is 10.2 Å². The van der Waals surface area contributed by atoms with Gasteiger partial charge in [0.25, 0.3) is 5.91 Å². The van der Waals surface area contributed by atoms with Crippen molar-refractivity contribution in [1.82, 2.24) is 4.98 Å². The van der Waals surface area contributed by atoms with Gasteiger partial charge in [-0.25, -0.2) is 0 Å². The van der Waals surface area contributed by atoms with Crippen LogP contribution in [0.5, 0.6) is 5.75 Å². The number of pyridine rings is 1. The smallest absolute Gasteiger partial charge is 0.265 e. The van der Waals surface area contributed by atoms with E-state index in [4.69, 9.17) is 9.72 Å². The SMILES string of the molecule is CC(Oc1ccc2nc(C(C)(C)C)ccc2c1)C(=O)Nc1ccccc1. The zero-order valence-electron chi connectivity index (χ0n) is 15.6. The zero-order valence-corrected chi connectivity index (χ0v) is 15.6. The van der Waals surface area contributed by atoms with Crippen molar-refractivity contribution < 1.29 is 9.53 Å². The van der Waals surface area contributed by atoms with Crippen molar-refractivity contribution >= 4 is 22.5 Å². The highest BCUT2D eigenvalue weighted by Crippen LogP contribution is 2.25. The van der Waals surface area contributed by atoms with Crippen LogP contribution in [0.3, 0.4) is 0 Å². The Morgan fingerprint density at radius 2 is 1.77 bits per heavy atom. The lowest BCUT2D eigenvalue weighted by molar-refractivity contribution is -0.122. The average molecular weight is 348 g/mol. The highest BCUT2D eigenvalue weighted by atomic mass is 16.5. The maximum absolute atomic E-state index is 12.3. The summed E-state index contributed by atoms with van der Waals surface area (Å²) in [6, 6.07) is 19.1. The average Bonchev–Trinajstić information content (AvgIpc) is 2.61. The molecule has 0 aliphatic carbocycles. The molecular formula is C22H24N2O2. The molecule has 0 bridgehead atoms. The lowest BCUT2D eigenvalue weighted by Gasteiger charge is -2.18. The Morgan fingerprint density at radius 3 is 2.46 bits per heavy atom. The van der Waals surface area contributed by atoms with Crippen molar-refractivity contribution in [3.8, 4) is 5.75 Å². The lowest BCUT2D eigenvalue weighted by Crippen LogP contribution is -2.30. The standard InChI is InChI=1S/C22H24N2O2/c1-15(21(25)23-17-8-6-5-7-9-17)26-18-11-12-19-16(14-18)10-13-20(24-19)22(2,3)4/h5-15H,1-4H3,(H,23,25). The Kier molecular flexibility index (Phi) is 4.94. The number of anilines is 1. The molecule has 4 heteroatoms. The second-order valence-corrected chi connectivity index (χ2v) is 7.42. The van der Waals surface area contributed by atoms with E-state index in [2.05, 4.69) is 26.1 Å². The Balaban J connectivity index is 1.73. The van der Waals surface area contributed by atoms with E-state index < -0.39 is 6.10 Å². The molecule has 1 heterocycles. The maximum atomic E-state index is 12.3. The van der Waals surface area contributed by atoms with Gasteiger partial charge in [-0.1, -0.05) is 45.0 Å². The second-order valence-electron chi connectivity index (χ2n) is 7.42. The molecule has 0 aliphatic rings. The number of amides is 1. The number of para-hydroxylation sites is 1. The Morgan fingerprint density at radius 1 is 1.04 bits per heavy atom. The third-order valence-corrected chi connectivity index (χ3v) is 4.15. The Bertz CT molecular complexity index is 914. The first kappa shape index (κ1) is 17.9. The first-order chi connectivity index (χ1) is 12.3. The summed E-state index contributed by atoms with van der Waals surface area (Å²) in [5.41, 5.74) is 2.73. The molecule has 1 aromatic heterocycles. The van der Waals surface area contributed by atoms with E-state index in [1.54, 1.807) is 6.92 Å². The molecule has 0 spiro atoms. The predicted molar refractivity (Wildman–Crippen MR) is 106 cm³/mol. The number of carbonyl (C=O) groups is 1. The number of ether oxygens (including phenoxy) is 1. The summed E-state index contributed by atoms with van der Waals surface area (Å²) in [5, 5.41) is 3.84. The number of benzene rings is 2. The molecule has 0 saturated heterocycles. The number of carbonyl (C=O) groups excluding carboxylic acids is 1. The topological polar surface area (TPSA) is 51.2 Å². The monoisotopic (exact) mass is 348 g/mol. The molecule has 2 aromatic carbocycles. The highest BCUT2D eigenvalue weighted by Gasteiger charge is 2.17. The van der Waals surface area contributed by atoms with Crippen LogP contribution in [0.15, 0.2) is 60.7 Å². The van der Waals surface area contributed by atoms with E-state index in [1.807, 2.05) is 60.7 Å². The van der Waals surface area contributed by atoms with Crippen molar-refractivity contribution in [1.29, 1.82) is 0 Å². The first-order valence-corrected chi connectivity index (χ1v) is 8.77. The van der Waals surface area contributed by atoms with Gasteiger partial charge in [-0.05, 0) is 43.3 Å². The van der Waals surface area contributed by atoms with E-state index in [1.165, 1.54) is 0 Å². The van der Waals surface area contributed by atoms with Crippen LogP contribution in [0.1, 0.15) is 33.4 Å². The zero-order chi connectivity index (χ0) is 18.7. The van der Waals surface area contributed by atoms with Crippen molar-refractivity contribution in [3.05, 3.63) is 66.4 Å². The summed E-state index contributed by atoms with van der Waals surface area (Å²) in [5.74, 6) is 0.469. The molecule has 3 rings (SSSR count). The third kappa shape index (κ3) is 4.20. The van der Waals surface area contributed by atoms with Gasteiger partial charge in [0, 0.05) is 22.2 Å². The van der Waals surface area contributed by atoms with Gasteiger partial charge < -0.3 is 10.1 Å². The minimum Gasteiger partial charge on any atom is -0.481 e. The van der Waals surface area contributed by atoms with Gasteiger partial charge in [-0.15, -0.1) is 0 Å². The van der Waals surface area contributed by atoms with Crippen LogP contribution in [-0.4, -0.2) is 17.0 Å². The first-order valence-electron chi connectivity index (χ1n) is 8.77. The number of nitrogens with one attached hydrogen (secondary N) is 1. The molecule has 4 nitrogen and oxygen atoms in total. The van der Waals surface area contributed by atoms with Crippen molar-refractivity contribution in [2.24, 2.45) is 0 Å². The molecular weight excluding hydrogens is 324 g/mol.